The summed E-state index contributed by atoms with van der Waals surface area (Å²) in [6.45, 7) is 0. The monoisotopic (exact) mass is 676 g/mol. The van der Waals surface area contributed by atoms with Gasteiger partial charge in [-0.05, 0) is 58.0 Å². The minimum Gasteiger partial charge on any atom is -0.309 e. The van der Waals surface area contributed by atoms with E-state index in [1.807, 2.05) is 60.7 Å². The van der Waals surface area contributed by atoms with Gasteiger partial charge < -0.3 is 4.90 Å². The van der Waals surface area contributed by atoms with Crippen molar-refractivity contribution in [2.75, 3.05) is 4.90 Å². The predicted octanol–water partition coefficient (Wildman–Crippen LogP) is 12.8. The highest BCUT2D eigenvalue weighted by atomic mass is 15.2. The van der Waals surface area contributed by atoms with Crippen molar-refractivity contribution in [3.05, 3.63) is 194 Å². The largest absolute Gasteiger partial charge is 0.309 e. The summed E-state index contributed by atoms with van der Waals surface area (Å²) >= 11 is 0. The van der Waals surface area contributed by atoms with Crippen LogP contribution < -0.4 is 4.90 Å². The molecule has 10 rings (SSSR count). The summed E-state index contributed by atoms with van der Waals surface area (Å²) in [5, 5.41) is 2.26. The molecular weight excluding hydrogens is 645 g/mol. The molecule has 53 heavy (non-hydrogen) atoms. The van der Waals surface area contributed by atoms with Crippen molar-refractivity contribution in [3.8, 4) is 67.5 Å². The second-order valence-corrected chi connectivity index (χ2v) is 13.2. The minimum absolute atomic E-state index is 0.643. The zero-order chi connectivity index (χ0) is 35.1. The molecule has 248 valence electrons. The maximum Gasteiger partial charge on any atom is 0.164 e. The first kappa shape index (κ1) is 30.6. The molecule has 0 saturated heterocycles. The summed E-state index contributed by atoms with van der Waals surface area (Å²) < 4.78 is 0. The molecule has 0 atom stereocenters. The molecule has 1 aliphatic rings. The predicted molar refractivity (Wildman–Crippen MR) is 218 cm³/mol. The van der Waals surface area contributed by atoms with E-state index in [1.165, 1.54) is 38.8 Å². The van der Waals surface area contributed by atoms with E-state index >= 15 is 0 Å². The Morgan fingerprint density at radius 2 is 0.830 bits per heavy atom. The number of anilines is 3. The van der Waals surface area contributed by atoms with Crippen molar-refractivity contribution in [1.82, 2.24) is 15.0 Å². The first-order valence-corrected chi connectivity index (χ1v) is 17.9. The number of rotatable bonds is 6. The van der Waals surface area contributed by atoms with Crippen molar-refractivity contribution in [2.45, 2.75) is 0 Å². The maximum absolute atomic E-state index is 5.13. The van der Waals surface area contributed by atoms with Crippen LogP contribution in [0.25, 0.3) is 78.3 Å². The molecule has 0 unspecified atom stereocenters. The third-order valence-electron chi connectivity index (χ3n) is 10.0. The van der Waals surface area contributed by atoms with Gasteiger partial charge in [-0.25, -0.2) is 15.0 Å². The van der Waals surface area contributed by atoms with Gasteiger partial charge in [-0.2, -0.15) is 0 Å². The van der Waals surface area contributed by atoms with Gasteiger partial charge in [0.05, 0.1) is 11.4 Å². The maximum atomic E-state index is 5.13. The molecule has 0 saturated carbocycles. The molecule has 8 aromatic carbocycles. The molecule has 0 radical (unpaired) electrons. The van der Waals surface area contributed by atoms with Crippen molar-refractivity contribution in [1.29, 1.82) is 0 Å². The third kappa shape index (κ3) is 5.36. The summed E-state index contributed by atoms with van der Waals surface area (Å²) in [7, 11) is 0. The number of hydrogen-bond donors (Lipinski definition) is 0. The van der Waals surface area contributed by atoms with Gasteiger partial charge in [0.1, 0.15) is 0 Å². The number of hydrogen-bond acceptors (Lipinski definition) is 4. The third-order valence-corrected chi connectivity index (χ3v) is 10.0. The Morgan fingerprint density at radius 3 is 1.51 bits per heavy atom. The molecular formula is C49H32N4. The van der Waals surface area contributed by atoms with Crippen LogP contribution in [-0.4, -0.2) is 15.0 Å². The lowest BCUT2D eigenvalue weighted by Gasteiger charge is -2.35. The van der Waals surface area contributed by atoms with Crippen LogP contribution >= 0.6 is 0 Å². The van der Waals surface area contributed by atoms with E-state index < -0.39 is 0 Å². The average molecular weight is 677 g/mol. The number of nitrogens with zero attached hydrogens (tertiary/aromatic N) is 4. The Labute approximate surface area is 308 Å². The van der Waals surface area contributed by atoms with Gasteiger partial charge in [0.15, 0.2) is 17.5 Å². The van der Waals surface area contributed by atoms with E-state index in [0.29, 0.717) is 17.5 Å². The fraction of sp³-hybridized carbons (Fsp3) is 0. The highest BCUT2D eigenvalue weighted by Crippen LogP contribution is 2.55. The van der Waals surface area contributed by atoms with Gasteiger partial charge in [0.25, 0.3) is 0 Å². The lowest BCUT2D eigenvalue weighted by molar-refractivity contribution is 1.08. The molecule has 1 aliphatic heterocycles. The van der Waals surface area contributed by atoms with Crippen LogP contribution in [0.5, 0.6) is 0 Å². The molecule has 0 fully saturated rings. The van der Waals surface area contributed by atoms with E-state index in [0.717, 1.165) is 39.1 Å². The summed E-state index contributed by atoms with van der Waals surface area (Å²) in [6, 6.07) is 68.2. The van der Waals surface area contributed by atoms with Crippen molar-refractivity contribution >= 4 is 27.8 Å². The summed E-state index contributed by atoms with van der Waals surface area (Å²) in [4.78, 5) is 17.6. The minimum atomic E-state index is 0.643. The van der Waals surface area contributed by atoms with E-state index in [2.05, 4.69) is 138 Å². The van der Waals surface area contributed by atoms with Gasteiger partial charge in [-0.15, -0.1) is 0 Å². The van der Waals surface area contributed by atoms with Crippen LogP contribution in [0.15, 0.2) is 194 Å². The fourth-order valence-electron chi connectivity index (χ4n) is 7.62. The molecule has 4 nitrogen and oxygen atoms in total. The molecule has 0 spiro atoms. The Kier molecular flexibility index (Phi) is 7.43. The van der Waals surface area contributed by atoms with Crippen molar-refractivity contribution in [2.24, 2.45) is 0 Å². The van der Waals surface area contributed by atoms with Gasteiger partial charge >= 0.3 is 0 Å². The SMILES string of the molecule is c1ccc(-c2cccc(-c3cccc4c3N(c3ccccc3)c3ccc(-c5nc(-c6ccccc6)nc(-c6ccccc6)n5)c5cccc-4c35)c2)cc1. The fourth-order valence-corrected chi connectivity index (χ4v) is 7.62. The lowest BCUT2D eigenvalue weighted by Crippen LogP contribution is -2.16. The van der Waals surface area contributed by atoms with Gasteiger partial charge in [0, 0.05) is 38.9 Å². The van der Waals surface area contributed by atoms with E-state index in [9.17, 15) is 0 Å². The highest BCUT2D eigenvalue weighted by Gasteiger charge is 2.30. The molecule has 0 aliphatic carbocycles. The average Bonchev–Trinajstić information content (AvgIpc) is 3.25. The standard InChI is InChI=1S/C49H32N4/c1-5-16-33(17-6-1)36-22-13-23-37(32-36)39-26-14-29-42-40-27-15-28-41-43(30-31-44(45(40)41)53(46(39)42)38-24-11-4-12-25-38)49-51-47(34-18-7-2-8-19-34)50-48(52-49)35-20-9-3-10-21-35/h1-32H. The van der Waals surface area contributed by atoms with Crippen LogP contribution in [0, 0.1) is 0 Å². The van der Waals surface area contributed by atoms with Crippen molar-refractivity contribution in [3.63, 3.8) is 0 Å². The van der Waals surface area contributed by atoms with Gasteiger partial charge in [-0.1, -0.05) is 164 Å². The summed E-state index contributed by atoms with van der Waals surface area (Å²) in [5.74, 6) is 1.94. The van der Waals surface area contributed by atoms with Crippen LogP contribution in [0.2, 0.25) is 0 Å². The molecule has 0 amide bonds. The van der Waals surface area contributed by atoms with Crippen LogP contribution in [-0.2, 0) is 0 Å². The van der Waals surface area contributed by atoms with Gasteiger partial charge in [0.2, 0.25) is 0 Å². The molecule has 1 aromatic heterocycles. The normalized spacial score (nSPS) is 11.7. The highest BCUT2D eigenvalue weighted by molar-refractivity contribution is 6.18. The van der Waals surface area contributed by atoms with E-state index in [4.69, 9.17) is 15.0 Å². The van der Waals surface area contributed by atoms with Crippen LogP contribution in [0.4, 0.5) is 17.1 Å². The summed E-state index contributed by atoms with van der Waals surface area (Å²) in [6.07, 6.45) is 0. The van der Waals surface area contributed by atoms with Crippen LogP contribution in [0.1, 0.15) is 0 Å². The number of aromatic nitrogens is 3. The molecule has 9 aromatic rings. The first-order valence-electron chi connectivity index (χ1n) is 17.9. The number of para-hydroxylation sites is 2. The topological polar surface area (TPSA) is 41.9 Å². The quantitative estimate of drug-likeness (QED) is 0.176. The Hall–Kier alpha value is -7.17. The molecule has 2 heterocycles. The van der Waals surface area contributed by atoms with Gasteiger partial charge in [-0.3, -0.25) is 0 Å². The number of fused-ring (bicyclic) bond motifs is 2. The van der Waals surface area contributed by atoms with E-state index in [-0.39, 0.29) is 0 Å². The van der Waals surface area contributed by atoms with E-state index in [1.54, 1.807) is 0 Å². The summed E-state index contributed by atoms with van der Waals surface area (Å²) in [5.41, 5.74) is 13.3. The zero-order valence-electron chi connectivity index (χ0n) is 28.8. The second-order valence-electron chi connectivity index (χ2n) is 13.2. The molecule has 0 bridgehead atoms. The second kappa shape index (κ2) is 12.9. The molecule has 4 heteroatoms. The number of benzene rings is 8. The Bertz CT molecular complexity index is 2710. The van der Waals surface area contributed by atoms with Crippen molar-refractivity contribution < 1.29 is 0 Å². The lowest BCUT2D eigenvalue weighted by atomic mass is 9.86. The molecule has 0 N–H and O–H groups in total. The van der Waals surface area contributed by atoms with Crippen LogP contribution in [0.3, 0.4) is 0 Å². The zero-order valence-corrected chi connectivity index (χ0v) is 28.8. The first-order chi connectivity index (χ1) is 26.3. The Morgan fingerprint density at radius 1 is 0.321 bits per heavy atom. The Balaban J connectivity index is 1.22. The smallest absolute Gasteiger partial charge is 0.164 e.